The van der Waals surface area contributed by atoms with Gasteiger partial charge in [0, 0.05) is 17.9 Å². The first kappa shape index (κ1) is 9.61. The van der Waals surface area contributed by atoms with E-state index in [9.17, 15) is 5.11 Å². The maximum Gasteiger partial charge on any atom is 0.122 e. The Balaban J connectivity index is 2.81. The van der Waals surface area contributed by atoms with E-state index in [2.05, 4.69) is 0 Å². The quantitative estimate of drug-likeness (QED) is 0.485. The van der Waals surface area contributed by atoms with E-state index in [4.69, 9.17) is 10.8 Å². The van der Waals surface area contributed by atoms with Gasteiger partial charge in [-0.3, -0.25) is 0 Å². The minimum absolute atomic E-state index is 0.111. The van der Waals surface area contributed by atoms with E-state index < -0.39 is 0 Å². The van der Waals surface area contributed by atoms with Crippen LogP contribution >= 0.6 is 0 Å². The number of nitrogens with two attached hydrogens (primary N) is 1. The first-order valence-corrected chi connectivity index (χ1v) is 4.10. The monoisotopic (exact) mass is 179 g/mol. The van der Waals surface area contributed by atoms with E-state index in [1.807, 2.05) is 0 Å². The van der Waals surface area contributed by atoms with Crippen LogP contribution in [0.2, 0.25) is 0 Å². The van der Waals surface area contributed by atoms with Crippen molar-refractivity contribution in [1.29, 1.82) is 0 Å². The number of hydrogen-bond donors (Lipinski definition) is 3. The lowest BCUT2D eigenvalue weighted by molar-refractivity contribution is 0.303. The Bertz CT molecular complexity index is 308. The zero-order valence-electron chi connectivity index (χ0n) is 7.27. The van der Waals surface area contributed by atoms with E-state index in [1.54, 1.807) is 30.4 Å². The summed E-state index contributed by atoms with van der Waals surface area (Å²) in [6, 6.07) is 4.87. The Kier molecular flexibility index (Phi) is 3.34. The number of aliphatic hydroxyl groups is 1. The number of aromatic hydroxyl groups is 1. The lowest BCUT2D eigenvalue weighted by Crippen LogP contribution is -1.85. The predicted molar refractivity (Wildman–Crippen MR) is 53.3 cm³/mol. The fraction of sp³-hybridized carbons (Fsp3) is 0.200. The number of phenols is 1. The molecule has 3 nitrogen and oxygen atoms in total. The SMILES string of the molecule is Nc1ccc(O)c(C=CCCO)c1. The topological polar surface area (TPSA) is 66.5 Å². The van der Waals surface area contributed by atoms with Crippen LogP contribution in [0.25, 0.3) is 6.08 Å². The van der Waals surface area contributed by atoms with Gasteiger partial charge in [-0.1, -0.05) is 12.2 Å². The Morgan fingerprint density at radius 1 is 1.38 bits per heavy atom. The third-order valence-electron chi connectivity index (χ3n) is 1.64. The molecule has 0 aliphatic carbocycles. The summed E-state index contributed by atoms with van der Waals surface area (Å²) in [4.78, 5) is 0. The summed E-state index contributed by atoms with van der Waals surface area (Å²) in [5, 5.41) is 17.9. The van der Waals surface area contributed by atoms with E-state index >= 15 is 0 Å². The average Bonchev–Trinajstić information content (AvgIpc) is 2.11. The van der Waals surface area contributed by atoms with Gasteiger partial charge in [0.15, 0.2) is 0 Å². The largest absolute Gasteiger partial charge is 0.507 e. The number of hydrogen-bond acceptors (Lipinski definition) is 3. The summed E-state index contributed by atoms with van der Waals surface area (Å²) in [6.45, 7) is 0.111. The highest BCUT2D eigenvalue weighted by Crippen LogP contribution is 2.20. The molecule has 0 saturated heterocycles. The van der Waals surface area contributed by atoms with Crippen molar-refractivity contribution < 1.29 is 10.2 Å². The van der Waals surface area contributed by atoms with Gasteiger partial charge < -0.3 is 15.9 Å². The van der Waals surface area contributed by atoms with Crippen molar-refractivity contribution in [2.24, 2.45) is 0 Å². The molecule has 0 radical (unpaired) electrons. The van der Waals surface area contributed by atoms with Gasteiger partial charge >= 0.3 is 0 Å². The normalized spacial score (nSPS) is 10.8. The first-order valence-electron chi connectivity index (χ1n) is 4.10. The number of phenolic OH excluding ortho intramolecular Hbond substituents is 1. The van der Waals surface area contributed by atoms with Crippen molar-refractivity contribution in [2.75, 3.05) is 12.3 Å². The molecular weight excluding hydrogens is 166 g/mol. The molecule has 3 heteroatoms. The lowest BCUT2D eigenvalue weighted by atomic mass is 10.1. The number of anilines is 1. The van der Waals surface area contributed by atoms with Crippen LogP contribution in [0.3, 0.4) is 0 Å². The van der Waals surface area contributed by atoms with Gasteiger partial charge in [-0.2, -0.15) is 0 Å². The third-order valence-corrected chi connectivity index (χ3v) is 1.64. The molecule has 0 saturated carbocycles. The van der Waals surface area contributed by atoms with Gasteiger partial charge in [-0.15, -0.1) is 0 Å². The summed E-state index contributed by atoms with van der Waals surface area (Å²) in [5.41, 5.74) is 6.82. The molecule has 0 unspecified atom stereocenters. The summed E-state index contributed by atoms with van der Waals surface area (Å²) in [6.07, 6.45) is 4.10. The lowest BCUT2D eigenvalue weighted by Gasteiger charge is -1.99. The molecule has 0 bridgehead atoms. The second-order valence-corrected chi connectivity index (χ2v) is 2.73. The second-order valence-electron chi connectivity index (χ2n) is 2.73. The molecule has 1 aromatic rings. The summed E-state index contributed by atoms with van der Waals surface area (Å²) < 4.78 is 0. The van der Waals surface area contributed by atoms with Gasteiger partial charge in [-0.25, -0.2) is 0 Å². The highest BCUT2D eigenvalue weighted by atomic mass is 16.3. The highest BCUT2D eigenvalue weighted by molar-refractivity contribution is 5.61. The molecule has 0 heterocycles. The van der Waals surface area contributed by atoms with Gasteiger partial charge in [0.2, 0.25) is 0 Å². The van der Waals surface area contributed by atoms with Crippen LogP contribution in [-0.2, 0) is 0 Å². The van der Waals surface area contributed by atoms with Crippen molar-refractivity contribution in [3.05, 3.63) is 29.8 Å². The molecule has 4 N–H and O–H groups in total. The minimum Gasteiger partial charge on any atom is -0.507 e. The molecule has 0 aromatic heterocycles. The third kappa shape index (κ3) is 2.80. The van der Waals surface area contributed by atoms with Gasteiger partial charge in [0.05, 0.1) is 0 Å². The number of nitrogen functional groups attached to an aromatic ring is 1. The van der Waals surface area contributed by atoms with Crippen LogP contribution in [0.4, 0.5) is 5.69 Å². The summed E-state index contributed by atoms with van der Waals surface area (Å²) in [7, 11) is 0. The fourth-order valence-electron chi connectivity index (χ4n) is 0.991. The maximum atomic E-state index is 9.36. The number of aliphatic hydroxyl groups excluding tert-OH is 1. The highest BCUT2D eigenvalue weighted by Gasteiger charge is 1.96. The molecule has 70 valence electrons. The van der Waals surface area contributed by atoms with E-state index in [1.165, 1.54) is 0 Å². The van der Waals surface area contributed by atoms with Gasteiger partial charge in [0.25, 0.3) is 0 Å². The summed E-state index contributed by atoms with van der Waals surface area (Å²) in [5.74, 6) is 0.198. The first-order chi connectivity index (χ1) is 6.24. The van der Waals surface area contributed by atoms with Crippen LogP contribution in [-0.4, -0.2) is 16.8 Å². The van der Waals surface area contributed by atoms with Crippen LogP contribution in [0.1, 0.15) is 12.0 Å². The van der Waals surface area contributed by atoms with Crippen molar-refractivity contribution in [3.63, 3.8) is 0 Å². The van der Waals surface area contributed by atoms with Crippen molar-refractivity contribution in [2.45, 2.75) is 6.42 Å². The van der Waals surface area contributed by atoms with Crippen LogP contribution in [0, 0.1) is 0 Å². The molecule has 0 amide bonds. The predicted octanol–water partition coefficient (Wildman–Crippen LogP) is 1.37. The van der Waals surface area contributed by atoms with Crippen molar-refractivity contribution in [3.8, 4) is 5.75 Å². The minimum atomic E-state index is 0.111. The fourth-order valence-corrected chi connectivity index (χ4v) is 0.991. The Morgan fingerprint density at radius 2 is 2.15 bits per heavy atom. The maximum absolute atomic E-state index is 9.36. The Hall–Kier alpha value is -1.48. The molecule has 0 atom stereocenters. The molecule has 0 fully saturated rings. The standard InChI is InChI=1S/C10H13NO2/c11-9-4-5-10(13)8(7-9)3-1-2-6-12/h1,3-5,7,12-13H,2,6,11H2. The van der Waals surface area contributed by atoms with Crippen molar-refractivity contribution >= 4 is 11.8 Å². The smallest absolute Gasteiger partial charge is 0.122 e. The Labute approximate surface area is 77.1 Å². The molecule has 0 aliphatic rings. The zero-order valence-corrected chi connectivity index (χ0v) is 7.27. The molecule has 13 heavy (non-hydrogen) atoms. The van der Waals surface area contributed by atoms with Crippen LogP contribution in [0.15, 0.2) is 24.3 Å². The van der Waals surface area contributed by atoms with Crippen LogP contribution in [0.5, 0.6) is 5.75 Å². The molecule has 0 aliphatic heterocycles. The van der Waals surface area contributed by atoms with E-state index in [-0.39, 0.29) is 12.4 Å². The summed E-state index contributed by atoms with van der Waals surface area (Å²) >= 11 is 0. The average molecular weight is 179 g/mol. The van der Waals surface area contributed by atoms with Gasteiger partial charge in [0.1, 0.15) is 5.75 Å². The second kappa shape index (κ2) is 4.52. The Morgan fingerprint density at radius 3 is 2.85 bits per heavy atom. The van der Waals surface area contributed by atoms with Gasteiger partial charge in [-0.05, 0) is 24.6 Å². The number of rotatable bonds is 3. The van der Waals surface area contributed by atoms with E-state index in [0.717, 1.165) is 0 Å². The zero-order chi connectivity index (χ0) is 9.68. The van der Waals surface area contributed by atoms with Crippen LogP contribution < -0.4 is 5.73 Å². The van der Waals surface area contributed by atoms with Crippen molar-refractivity contribution in [1.82, 2.24) is 0 Å². The molecule has 1 aromatic carbocycles. The number of benzene rings is 1. The van der Waals surface area contributed by atoms with E-state index in [0.29, 0.717) is 17.7 Å². The molecule has 0 spiro atoms. The molecular formula is C10H13NO2. The molecule has 1 rings (SSSR count).